The van der Waals surface area contributed by atoms with Gasteiger partial charge in [0.15, 0.2) is 0 Å². The monoisotopic (exact) mass is 430 g/mol. The minimum absolute atomic E-state index is 0.00386. The molecule has 1 atom stereocenters. The van der Waals surface area contributed by atoms with E-state index in [1.165, 1.54) is 11.1 Å². The van der Waals surface area contributed by atoms with Gasteiger partial charge >= 0.3 is 11.9 Å². The Morgan fingerprint density at radius 1 is 0.812 bits per heavy atom. The Morgan fingerprint density at radius 3 is 2.03 bits per heavy atom. The molecule has 0 saturated heterocycles. The predicted octanol–water partition coefficient (Wildman–Crippen LogP) is 4.47. The highest BCUT2D eigenvalue weighted by molar-refractivity contribution is 5.79. The van der Waals surface area contributed by atoms with E-state index in [1.807, 2.05) is 54.6 Å². The zero-order valence-corrected chi connectivity index (χ0v) is 17.8. The van der Waals surface area contributed by atoms with Gasteiger partial charge in [0.1, 0.15) is 13.2 Å². The van der Waals surface area contributed by atoms with Crippen LogP contribution in [0.2, 0.25) is 0 Å². The van der Waals surface area contributed by atoms with E-state index >= 15 is 0 Å². The fourth-order valence-electron chi connectivity index (χ4n) is 4.11. The first-order valence-corrected chi connectivity index (χ1v) is 10.8. The number of aliphatic hydroxyl groups excluding tert-OH is 1. The first-order chi connectivity index (χ1) is 15.7. The lowest BCUT2D eigenvalue weighted by atomic mass is 9.98. The maximum atomic E-state index is 12.4. The number of carbonyl (C=O) groups is 2. The van der Waals surface area contributed by atoms with Crippen LogP contribution in [0.25, 0.3) is 11.1 Å². The summed E-state index contributed by atoms with van der Waals surface area (Å²) in [6.07, 6.45) is 0.225. The largest absolute Gasteiger partial charge is 0.465 e. The smallest absolute Gasteiger partial charge is 0.311 e. The van der Waals surface area contributed by atoms with Crippen molar-refractivity contribution in [3.05, 3.63) is 95.6 Å². The summed E-state index contributed by atoms with van der Waals surface area (Å²) in [5.74, 6) is -1.65. The van der Waals surface area contributed by atoms with Crippen molar-refractivity contribution in [2.24, 2.45) is 5.92 Å². The first-order valence-electron chi connectivity index (χ1n) is 10.8. The Hall–Kier alpha value is -3.44. The van der Waals surface area contributed by atoms with E-state index in [4.69, 9.17) is 9.47 Å². The molecule has 4 rings (SSSR count). The fourth-order valence-corrected chi connectivity index (χ4v) is 4.11. The number of ether oxygens (including phenoxy) is 2. The second-order valence-electron chi connectivity index (χ2n) is 7.92. The molecular weight excluding hydrogens is 404 g/mol. The van der Waals surface area contributed by atoms with Crippen molar-refractivity contribution in [3.8, 4) is 11.1 Å². The summed E-state index contributed by atoms with van der Waals surface area (Å²) in [6, 6.07) is 25.6. The van der Waals surface area contributed by atoms with Gasteiger partial charge in [-0.3, -0.25) is 9.59 Å². The molecule has 32 heavy (non-hydrogen) atoms. The molecule has 164 valence electrons. The lowest BCUT2D eigenvalue weighted by molar-refractivity contribution is -0.152. The van der Waals surface area contributed by atoms with Gasteiger partial charge in [-0.05, 0) is 34.2 Å². The average molecular weight is 431 g/mol. The van der Waals surface area contributed by atoms with Crippen LogP contribution in [-0.4, -0.2) is 30.3 Å². The molecule has 0 unspecified atom stereocenters. The molecule has 0 aromatic heterocycles. The quantitative estimate of drug-likeness (QED) is 0.507. The third-order valence-electron chi connectivity index (χ3n) is 5.85. The highest BCUT2D eigenvalue weighted by atomic mass is 16.5. The molecule has 0 radical (unpaired) electrons. The molecular formula is C27H26O5. The highest BCUT2D eigenvalue weighted by Crippen LogP contribution is 2.44. The third kappa shape index (κ3) is 4.89. The van der Waals surface area contributed by atoms with Gasteiger partial charge in [0.2, 0.25) is 0 Å². The Balaban J connectivity index is 1.29. The second kappa shape index (κ2) is 10.2. The number of hydrogen-bond donors (Lipinski definition) is 1. The van der Waals surface area contributed by atoms with E-state index in [1.54, 1.807) is 0 Å². The number of fused-ring (bicyclic) bond motifs is 3. The molecule has 3 aromatic carbocycles. The molecule has 3 aromatic rings. The Bertz CT molecular complexity index is 1030. The minimum Gasteiger partial charge on any atom is -0.465 e. The highest BCUT2D eigenvalue weighted by Gasteiger charge is 2.29. The lowest BCUT2D eigenvalue weighted by Gasteiger charge is -2.16. The van der Waals surface area contributed by atoms with Crippen molar-refractivity contribution < 1.29 is 24.2 Å². The van der Waals surface area contributed by atoms with Crippen LogP contribution in [0.4, 0.5) is 0 Å². The number of aliphatic hydroxyl groups is 1. The van der Waals surface area contributed by atoms with Gasteiger partial charge in [0, 0.05) is 12.3 Å². The molecule has 1 N–H and O–H groups in total. The number of benzene rings is 3. The zero-order chi connectivity index (χ0) is 22.3. The van der Waals surface area contributed by atoms with Gasteiger partial charge in [-0.1, -0.05) is 78.9 Å². The van der Waals surface area contributed by atoms with Crippen LogP contribution < -0.4 is 0 Å². The summed E-state index contributed by atoms with van der Waals surface area (Å²) in [6.45, 7) is 0.0144. The number of esters is 2. The van der Waals surface area contributed by atoms with Crippen LogP contribution in [0.15, 0.2) is 78.9 Å². The van der Waals surface area contributed by atoms with E-state index in [-0.39, 0.29) is 44.5 Å². The predicted molar refractivity (Wildman–Crippen MR) is 121 cm³/mol. The molecule has 0 heterocycles. The molecule has 0 spiro atoms. The maximum Gasteiger partial charge on any atom is 0.311 e. The molecule has 1 aliphatic rings. The summed E-state index contributed by atoms with van der Waals surface area (Å²) < 4.78 is 10.9. The van der Waals surface area contributed by atoms with Crippen LogP contribution in [0.1, 0.15) is 35.4 Å². The minimum atomic E-state index is -0.751. The van der Waals surface area contributed by atoms with Gasteiger partial charge in [0.25, 0.3) is 0 Å². The fraction of sp³-hybridized carbons (Fsp3) is 0.259. The number of hydrogen-bond acceptors (Lipinski definition) is 5. The van der Waals surface area contributed by atoms with Crippen LogP contribution in [0.5, 0.6) is 0 Å². The van der Waals surface area contributed by atoms with E-state index < -0.39 is 11.9 Å². The van der Waals surface area contributed by atoms with Crippen LogP contribution in [0.3, 0.4) is 0 Å². The van der Waals surface area contributed by atoms with Gasteiger partial charge in [-0.15, -0.1) is 0 Å². The van der Waals surface area contributed by atoms with Crippen LogP contribution in [0, 0.1) is 5.92 Å². The normalized spacial score (nSPS) is 13.2. The molecule has 5 nitrogen and oxygen atoms in total. The van der Waals surface area contributed by atoms with Crippen molar-refractivity contribution in [2.45, 2.75) is 25.4 Å². The Labute approximate surface area is 187 Å². The topological polar surface area (TPSA) is 72.8 Å². The molecule has 0 amide bonds. The average Bonchev–Trinajstić information content (AvgIpc) is 3.16. The summed E-state index contributed by atoms with van der Waals surface area (Å²) in [5.41, 5.74) is 5.52. The van der Waals surface area contributed by atoms with Crippen LogP contribution >= 0.6 is 0 Å². The molecule has 0 fully saturated rings. The summed E-state index contributed by atoms with van der Waals surface area (Å²) in [5, 5.41) is 9.57. The molecule has 5 heteroatoms. The summed E-state index contributed by atoms with van der Waals surface area (Å²) in [4.78, 5) is 24.7. The van der Waals surface area contributed by atoms with E-state index in [2.05, 4.69) is 24.3 Å². The van der Waals surface area contributed by atoms with E-state index in [0.717, 1.165) is 16.7 Å². The maximum absolute atomic E-state index is 12.4. The molecule has 0 aliphatic heterocycles. The van der Waals surface area contributed by atoms with Crippen molar-refractivity contribution >= 4 is 11.9 Å². The lowest BCUT2D eigenvalue weighted by Crippen LogP contribution is -2.23. The van der Waals surface area contributed by atoms with Crippen molar-refractivity contribution in [2.75, 3.05) is 13.2 Å². The number of carbonyl (C=O) groups excluding carboxylic acids is 2. The zero-order valence-electron chi connectivity index (χ0n) is 17.8. The van der Waals surface area contributed by atoms with Gasteiger partial charge in [-0.25, -0.2) is 0 Å². The van der Waals surface area contributed by atoms with E-state index in [0.29, 0.717) is 0 Å². The van der Waals surface area contributed by atoms with Crippen molar-refractivity contribution in [1.29, 1.82) is 0 Å². The van der Waals surface area contributed by atoms with Crippen molar-refractivity contribution in [1.82, 2.24) is 0 Å². The first kappa shape index (κ1) is 21.8. The van der Waals surface area contributed by atoms with E-state index in [9.17, 15) is 14.7 Å². The molecule has 0 saturated carbocycles. The summed E-state index contributed by atoms with van der Waals surface area (Å²) in [7, 11) is 0. The third-order valence-corrected chi connectivity index (χ3v) is 5.85. The second-order valence-corrected chi connectivity index (χ2v) is 7.92. The van der Waals surface area contributed by atoms with Crippen LogP contribution in [-0.2, 0) is 25.7 Å². The molecule has 0 bridgehead atoms. The van der Waals surface area contributed by atoms with Gasteiger partial charge in [0.05, 0.1) is 12.5 Å². The standard InChI is InChI=1S/C27H26O5/c28-16-20(27(30)32-17-19-8-2-1-3-9-19)14-15-26(29)31-18-25-23-12-6-4-10-21(23)22-11-5-7-13-24(22)25/h1-13,20,25,28H,14-18H2/t20-/m1/s1. The Morgan fingerprint density at radius 2 is 1.41 bits per heavy atom. The van der Waals surface area contributed by atoms with Gasteiger partial charge in [-0.2, -0.15) is 0 Å². The summed E-state index contributed by atoms with van der Waals surface area (Å²) >= 11 is 0. The molecule has 1 aliphatic carbocycles. The van der Waals surface area contributed by atoms with Crippen molar-refractivity contribution in [3.63, 3.8) is 0 Å². The number of rotatable bonds is 9. The van der Waals surface area contributed by atoms with Gasteiger partial charge < -0.3 is 14.6 Å². The SMILES string of the molecule is O=C(CC[C@H](CO)C(=O)OCc1ccccc1)OCC1c2ccccc2-c2ccccc21. The Kier molecular flexibility index (Phi) is 6.97.